The van der Waals surface area contributed by atoms with Crippen LogP contribution in [-0.2, 0) is 6.54 Å². The van der Waals surface area contributed by atoms with Crippen LogP contribution in [0.15, 0.2) is 57.5 Å². The maximum atomic E-state index is 3.47. The highest BCUT2D eigenvalue weighted by Gasteiger charge is 1.97. The molecule has 2 rings (SSSR count). The van der Waals surface area contributed by atoms with Crippen LogP contribution in [-0.4, -0.2) is 0 Å². The van der Waals surface area contributed by atoms with E-state index in [0.29, 0.717) is 0 Å². The average molecular weight is 356 g/mol. The summed E-state index contributed by atoms with van der Waals surface area (Å²) in [4.78, 5) is 0. The third-order valence-electron chi connectivity index (χ3n) is 2.22. The smallest absolute Gasteiger partial charge is 0.0487 e. The number of para-hydroxylation sites is 1. The van der Waals surface area contributed by atoms with Gasteiger partial charge in [0.25, 0.3) is 0 Å². The molecule has 0 unspecified atom stereocenters. The Kier molecular flexibility index (Phi) is 4.59. The van der Waals surface area contributed by atoms with E-state index < -0.39 is 0 Å². The van der Waals surface area contributed by atoms with Crippen LogP contribution < -0.4 is 10.9 Å². The van der Waals surface area contributed by atoms with Gasteiger partial charge in [0.2, 0.25) is 0 Å². The number of nitrogens with one attached hydrogen (secondary N) is 2. The lowest BCUT2D eigenvalue weighted by Crippen LogP contribution is -2.20. The Morgan fingerprint density at radius 2 is 1.53 bits per heavy atom. The third kappa shape index (κ3) is 4.15. The van der Waals surface area contributed by atoms with Gasteiger partial charge in [-0.3, -0.25) is 0 Å². The van der Waals surface area contributed by atoms with Crippen molar-refractivity contribution in [2.75, 3.05) is 5.43 Å². The van der Waals surface area contributed by atoms with Gasteiger partial charge in [0.15, 0.2) is 0 Å². The zero-order valence-electron chi connectivity index (χ0n) is 9.08. The monoisotopic (exact) mass is 354 g/mol. The molecule has 2 aromatic rings. The lowest BCUT2D eigenvalue weighted by molar-refractivity contribution is 0.800. The van der Waals surface area contributed by atoms with Gasteiger partial charge in [0.05, 0.1) is 0 Å². The molecule has 0 saturated heterocycles. The van der Waals surface area contributed by atoms with Gasteiger partial charge < -0.3 is 5.43 Å². The molecule has 0 aliphatic heterocycles. The molecule has 0 aliphatic carbocycles. The number of rotatable bonds is 4. The summed E-state index contributed by atoms with van der Waals surface area (Å²) >= 11 is 6.94. The molecule has 0 bridgehead atoms. The van der Waals surface area contributed by atoms with Gasteiger partial charge in [-0.2, -0.15) is 0 Å². The van der Waals surface area contributed by atoms with Crippen LogP contribution in [0, 0.1) is 0 Å². The van der Waals surface area contributed by atoms with Gasteiger partial charge >= 0.3 is 0 Å². The van der Waals surface area contributed by atoms with Crippen molar-refractivity contribution in [2.24, 2.45) is 0 Å². The van der Waals surface area contributed by atoms with E-state index in [2.05, 4.69) is 54.8 Å². The zero-order valence-corrected chi connectivity index (χ0v) is 12.3. The Labute approximate surface area is 118 Å². The summed E-state index contributed by atoms with van der Waals surface area (Å²) < 4.78 is 2.15. The van der Waals surface area contributed by atoms with Crippen LogP contribution in [0.3, 0.4) is 0 Å². The van der Waals surface area contributed by atoms with Crippen molar-refractivity contribution in [3.05, 3.63) is 63.0 Å². The molecule has 0 spiro atoms. The average Bonchev–Trinajstić information content (AvgIpc) is 2.29. The van der Waals surface area contributed by atoms with Crippen molar-refractivity contribution in [3.63, 3.8) is 0 Å². The first-order valence-corrected chi connectivity index (χ1v) is 6.81. The maximum Gasteiger partial charge on any atom is 0.0487 e. The SMILES string of the molecule is Brc1cc(Br)cc(CNNc2ccccc2)c1. The second-order valence-corrected chi connectivity index (χ2v) is 5.45. The summed E-state index contributed by atoms with van der Waals surface area (Å²) in [5.41, 5.74) is 8.59. The van der Waals surface area contributed by atoms with Crippen LogP contribution in [0.4, 0.5) is 5.69 Å². The summed E-state index contributed by atoms with van der Waals surface area (Å²) in [6.07, 6.45) is 0. The lowest BCUT2D eigenvalue weighted by Gasteiger charge is -2.09. The van der Waals surface area contributed by atoms with E-state index in [1.165, 1.54) is 5.56 Å². The minimum atomic E-state index is 0.757. The minimum absolute atomic E-state index is 0.757. The fourth-order valence-corrected chi connectivity index (χ4v) is 2.87. The normalized spacial score (nSPS) is 10.2. The van der Waals surface area contributed by atoms with Crippen LogP contribution in [0.5, 0.6) is 0 Å². The quantitative estimate of drug-likeness (QED) is 0.797. The molecule has 0 saturated carbocycles. The molecule has 0 radical (unpaired) electrons. The molecule has 88 valence electrons. The van der Waals surface area contributed by atoms with Crippen LogP contribution >= 0.6 is 31.9 Å². The minimum Gasteiger partial charge on any atom is -0.321 e. The third-order valence-corrected chi connectivity index (χ3v) is 3.14. The molecule has 0 fully saturated rings. The largest absolute Gasteiger partial charge is 0.321 e. The molecule has 2 aromatic carbocycles. The van der Waals surface area contributed by atoms with Crippen molar-refractivity contribution >= 4 is 37.5 Å². The van der Waals surface area contributed by atoms with E-state index in [9.17, 15) is 0 Å². The predicted molar refractivity (Wildman–Crippen MR) is 78.7 cm³/mol. The number of benzene rings is 2. The Balaban J connectivity index is 1.90. The highest BCUT2D eigenvalue weighted by molar-refractivity contribution is 9.11. The van der Waals surface area contributed by atoms with Gasteiger partial charge in [-0.05, 0) is 35.9 Å². The number of halogens is 2. The summed E-state index contributed by atoms with van der Waals surface area (Å²) in [6.45, 7) is 0.757. The van der Waals surface area contributed by atoms with E-state index >= 15 is 0 Å². The van der Waals surface area contributed by atoms with Crippen molar-refractivity contribution in [1.29, 1.82) is 0 Å². The first-order chi connectivity index (χ1) is 8.24. The number of hydrogen-bond donors (Lipinski definition) is 2. The topological polar surface area (TPSA) is 24.1 Å². The Hall–Kier alpha value is -0.840. The Morgan fingerprint density at radius 3 is 2.18 bits per heavy atom. The molecule has 4 heteroatoms. The highest BCUT2D eigenvalue weighted by atomic mass is 79.9. The number of anilines is 1. The fourth-order valence-electron chi connectivity index (χ4n) is 1.48. The first kappa shape index (κ1) is 12.6. The second kappa shape index (κ2) is 6.19. The van der Waals surface area contributed by atoms with Gasteiger partial charge in [0, 0.05) is 21.2 Å². The van der Waals surface area contributed by atoms with Crippen molar-refractivity contribution < 1.29 is 0 Å². The molecular formula is C13H12Br2N2. The molecule has 0 heterocycles. The van der Waals surface area contributed by atoms with Crippen molar-refractivity contribution in [3.8, 4) is 0 Å². The zero-order chi connectivity index (χ0) is 12.1. The molecule has 2 nitrogen and oxygen atoms in total. The molecular weight excluding hydrogens is 344 g/mol. The van der Waals surface area contributed by atoms with E-state index in [1.807, 2.05) is 36.4 Å². The van der Waals surface area contributed by atoms with Crippen molar-refractivity contribution in [2.45, 2.75) is 6.54 Å². The number of hydrogen-bond acceptors (Lipinski definition) is 2. The van der Waals surface area contributed by atoms with Gasteiger partial charge in [0.1, 0.15) is 0 Å². The van der Waals surface area contributed by atoms with Gasteiger partial charge in [-0.25, -0.2) is 5.43 Å². The van der Waals surface area contributed by atoms with E-state index in [4.69, 9.17) is 0 Å². The molecule has 17 heavy (non-hydrogen) atoms. The summed E-state index contributed by atoms with van der Waals surface area (Å²) in [5.74, 6) is 0. The molecule has 0 amide bonds. The van der Waals surface area contributed by atoms with E-state index in [-0.39, 0.29) is 0 Å². The Bertz CT molecular complexity index is 466. The standard InChI is InChI=1S/C13H12Br2N2/c14-11-6-10(7-12(15)8-11)9-16-17-13-4-2-1-3-5-13/h1-8,16-17H,9H2. The fraction of sp³-hybridized carbons (Fsp3) is 0.0769. The van der Waals surface area contributed by atoms with E-state index in [1.54, 1.807) is 0 Å². The maximum absolute atomic E-state index is 3.47. The second-order valence-electron chi connectivity index (χ2n) is 3.62. The molecule has 0 aromatic heterocycles. The van der Waals surface area contributed by atoms with Crippen molar-refractivity contribution in [1.82, 2.24) is 5.43 Å². The van der Waals surface area contributed by atoms with Gasteiger partial charge in [-0.15, -0.1) is 0 Å². The van der Waals surface area contributed by atoms with Gasteiger partial charge in [-0.1, -0.05) is 50.1 Å². The summed E-state index contributed by atoms with van der Waals surface area (Å²) in [5, 5.41) is 0. The summed E-state index contributed by atoms with van der Waals surface area (Å²) in [6, 6.07) is 16.2. The molecule has 0 aliphatic rings. The molecule has 0 atom stereocenters. The highest BCUT2D eigenvalue weighted by Crippen LogP contribution is 2.19. The van der Waals surface area contributed by atoms with Crippen LogP contribution in [0.2, 0.25) is 0 Å². The van der Waals surface area contributed by atoms with Crippen LogP contribution in [0.25, 0.3) is 0 Å². The first-order valence-electron chi connectivity index (χ1n) is 5.23. The molecule has 2 N–H and O–H groups in total. The predicted octanol–water partition coefficient (Wildman–Crippen LogP) is 4.33. The Morgan fingerprint density at radius 1 is 0.882 bits per heavy atom. The lowest BCUT2D eigenvalue weighted by atomic mass is 10.2. The van der Waals surface area contributed by atoms with Crippen LogP contribution in [0.1, 0.15) is 5.56 Å². The number of hydrazine groups is 1. The summed E-state index contributed by atoms with van der Waals surface area (Å²) in [7, 11) is 0. The van der Waals surface area contributed by atoms with E-state index in [0.717, 1.165) is 21.2 Å².